The number of nitrogens with one attached hydrogen (secondary N) is 1. The summed E-state index contributed by atoms with van der Waals surface area (Å²) in [4.78, 5) is 12.5. The molecule has 7 heteroatoms. The first-order chi connectivity index (χ1) is 14.0. The van der Waals surface area contributed by atoms with Crippen molar-refractivity contribution in [3.05, 3.63) is 35.4 Å². The molecule has 1 N–H and O–H groups in total. The molecule has 1 aliphatic heterocycles. The topological polar surface area (TPSA) is 66.5 Å². The van der Waals surface area contributed by atoms with Crippen LogP contribution in [-0.2, 0) is 20.6 Å². The molecule has 2 fully saturated rings. The Kier molecular flexibility index (Phi) is 8.45. The maximum atomic E-state index is 12.8. The highest BCUT2D eigenvalue weighted by Gasteiger charge is 2.31. The molecule has 0 bridgehead atoms. The largest absolute Gasteiger partial charge is 0.355 e. The Labute approximate surface area is 180 Å². The van der Waals surface area contributed by atoms with Gasteiger partial charge in [0.1, 0.15) is 0 Å². The molecular formula is C22H34N2O3S2. The molecule has 1 aromatic carbocycles. The molecule has 3 rings (SSSR count). The predicted octanol–water partition coefficient (Wildman–Crippen LogP) is 3.72. The normalized spacial score (nSPS) is 19.9. The highest BCUT2D eigenvalue weighted by Crippen LogP contribution is 2.28. The lowest BCUT2D eigenvalue weighted by Gasteiger charge is -2.30. The summed E-state index contributed by atoms with van der Waals surface area (Å²) in [7, 11) is -3.34. The number of rotatable bonds is 8. The molecule has 1 saturated heterocycles. The number of nitrogens with zero attached hydrogens (tertiary/aromatic N) is 1. The number of aryl methyl sites for hydroxylation is 1. The van der Waals surface area contributed by atoms with Gasteiger partial charge in [0.25, 0.3) is 0 Å². The second-order valence-electron chi connectivity index (χ2n) is 8.28. The molecule has 0 atom stereocenters. The zero-order valence-corrected chi connectivity index (χ0v) is 19.1. The van der Waals surface area contributed by atoms with Crippen molar-refractivity contribution in [2.24, 2.45) is 5.92 Å². The third-order valence-corrected chi connectivity index (χ3v) is 9.33. The van der Waals surface area contributed by atoms with Gasteiger partial charge in [-0.2, -0.15) is 11.8 Å². The van der Waals surface area contributed by atoms with Crippen molar-refractivity contribution < 1.29 is 13.2 Å². The van der Waals surface area contributed by atoms with Crippen LogP contribution in [0.3, 0.4) is 0 Å². The van der Waals surface area contributed by atoms with Gasteiger partial charge in [-0.25, -0.2) is 12.7 Å². The van der Waals surface area contributed by atoms with Crippen LogP contribution in [0.5, 0.6) is 0 Å². The summed E-state index contributed by atoms with van der Waals surface area (Å²) in [5.41, 5.74) is 1.85. The second kappa shape index (κ2) is 10.8. The van der Waals surface area contributed by atoms with E-state index in [1.54, 1.807) is 4.31 Å². The lowest BCUT2D eigenvalue weighted by atomic mass is 9.97. The van der Waals surface area contributed by atoms with Gasteiger partial charge in [0.05, 0.1) is 5.75 Å². The van der Waals surface area contributed by atoms with Crippen molar-refractivity contribution in [3.8, 4) is 0 Å². The molecule has 2 aliphatic rings. The Morgan fingerprint density at radius 1 is 1.10 bits per heavy atom. The fourth-order valence-corrected chi connectivity index (χ4v) is 7.12. The predicted molar refractivity (Wildman–Crippen MR) is 120 cm³/mol. The molecule has 0 radical (unpaired) electrons. The molecule has 1 amide bonds. The summed E-state index contributed by atoms with van der Waals surface area (Å²) < 4.78 is 27.1. The molecule has 1 aromatic rings. The summed E-state index contributed by atoms with van der Waals surface area (Å²) in [5.74, 6) is 1.03. The van der Waals surface area contributed by atoms with E-state index in [9.17, 15) is 13.2 Å². The monoisotopic (exact) mass is 438 g/mol. The van der Waals surface area contributed by atoms with Gasteiger partial charge in [-0.1, -0.05) is 43.5 Å². The minimum Gasteiger partial charge on any atom is -0.355 e. The van der Waals surface area contributed by atoms with E-state index in [2.05, 4.69) is 5.32 Å². The number of carbonyl (C=O) groups is 1. The Morgan fingerprint density at radius 3 is 2.48 bits per heavy atom. The number of hydrogen-bond acceptors (Lipinski definition) is 4. The van der Waals surface area contributed by atoms with Crippen LogP contribution in [0.2, 0.25) is 0 Å². The van der Waals surface area contributed by atoms with E-state index < -0.39 is 10.0 Å². The molecule has 1 heterocycles. The molecule has 0 aromatic heterocycles. The molecule has 1 aliphatic carbocycles. The van der Waals surface area contributed by atoms with Crippen molar-refractivity contribution >= 4 is 27.7 Å². The zero-order chi connectivity index (χ0) is 20.7. The van der Waals surface area contributed by atoms with E-state index in [4.69, 9.17) is 0 Å². The van der Waals surface area contributed by atoms with Crippen LogP contribution in [-0.4, -0.2) is 49.3 Å². The Balaban J connectivity index is 1.38. The van der Waals surface area contributed by atoms with E-state index in [0.717, 1.165) is 22.1 Å². The first kappa shape index (κ1) is 22.6. The number of hydrogen-bond donors (Lipinski definition) is 1. The standard InChI is InChI=1S/C22H34N2O3S2/c1-18-7-5-6-8-20(18)17-29(26,27)24-14-11-19(12-15-24)22(25)23-13-16-28-21-9-3-2-4-10-21/h5-8,19,21H,2-4,9-17H2,1H3,(H,23,25). The first-order valence-electron chi connectivity index (χ1n) is 10.9. The third-order valence-electron chi connectivity index (χ3n) is 6.12. The van der Waals surface area contributed by atoms with E-state index >= 15 is 0 Å². The van der Waals surface area contributed by atoms with Crippen molar-refractivity contribution in [2.75, 3.05) is 25.4 Å². The quantitative estimate of drug-likeness (QED) is 0.628. The molecule has 162 valence electrons. The van der Waals surface area contributed by atoms with Crippen LogP contribution < -0.4 is 5.32 Å². The van der Waals surface area contributed by atoms with Crippen LogP contribution >= 0.6 is 11.8 Å². The van der Waals surface area contributed by atoms with E-state index in [1.807, 2.05) is 43.0 Å². The minimum atomic E-state index is -3.34. The fourth-order valence-electron chi connectivity index (χ4n) is 4.23. The van der Waals surface area contributed by atoms with E-state index in [0.29, 0.717) is 32.5 Å². The SMILES string of the molecule is Cc1ccccc1CS(=O)(=O)N1CCC(C(=O)NCCSC2CCCCC2)CC1. The van der Waals surface area contributed by atoms with Crippen LogP contribution in [0.4, 0.5) is 0 Å². The van der Waals surface area contributed by atoms with Gasteiger partial charge in [0, 0.05) is 36.6 Å². The van der Waals surface area contributed by atoms with Crippen molar-refractivity contribution in [2.45, 2.75) is 62.9 Å². The molecule has 0 spiro atoms. The number of piperidine rings is 1. The van der Waals surface area contributed by atoms with Gasteiger partial charge in [-0.3, -0.25) is 4.79 Å². The Morgan fingerprint density at radius 2 is 1.79 bits per heavy atom. The van der Waals surface area contributed by atoms with Gasteiger partial charge >= 0.3 is 0 Å². The molecule has 1 saturated carbocycles. The lowest BCUT2D eigenvalue weighted by molar-refractivity contribution is -0.125. The summed E-state index contributed by atoms with van der Waals surface area (Å²) in [6.07, 6.45) is 7.89. The van der Waals surface area contributed by atoms with Gasteiger partial charge in [-0.05, 0) is 43.7 Å². The average molecular weight is 439 g/mol. The summed E-state index contributed by atoms with van der Waals surface area (Å²) in [5, 5.41) is 3.83. The van der Waals surface area contributed by atoms with Gasteiger partial charge < -0.3 is 5.32 Å². The minimum absolute atomic E-state index is 0.0366. The van der Waals surface area contributed by atoms with Crippen molar-refractivity contribution in [3.63, 3.8) is 0 Å². The summed E-state index contributed by atoms with van der Waals surface area (Å²) >= 11 is 1.99. The van der Waals surface area contributed by atoms with Crippen molar-refractivity contribution in [1.82, 2.24) is 9.62 Å². The molecular weight excluding hydrogens is 404 g/mol. The van der Waals surface area contributed by atoms with E-state index in [-0.39, 0.29) is 17.6 Å². The van der Waals surface area contributed by atoms with E-state index in [1.165, 1.54) is 32.1 Å². The second-order valence-corrected chi connectivity index (χ2v) is 11.7. The average Bonchev–Trinajstić information content (AvgIpc) is 2.73. The summed E-state index contributed by atoms with van der Waals surface area (Å²) in [6, 6.07) is 7.61. The number of benzene rings is 1. The molecule has 0 unspecified atom stereocenters. The number of amides is 1. The number of sulfonamides is 1. The summed E-state index contributed by atoms with van der Waals surface area (Å²) in [6.45, 7) is 3.52. The van der Waals surface area contributed by atoms with Crippen LogP contribution in [0, 0.1) is 12.8 Å². The van der Waals surface area contributed by atoms with Crippen LogP contribution in [0.25, 0.3) is 0 Å². The lowest BCUT2D eigenvalue weighted by Crippen LogP contribution is -2.43. The zero-order valence-electron chi connectivity index (χ0n) is 17.4. The smallest absolute Gasteiger partial charge is 0.223 e. The maximum Gasteiger partial charge on any atom is 0.223 e. The third kappa shape index (κ3) is 6.72. The van der Waals surface area contributed by atoms with Crippen LogP contribution in [0.15, 0.2) is 24.3 Å². The highest BCUT2D eigenvalue weighted by molar-refractivity contribution is 7.99. The van der Waals surface area contributed by atoms with Crippen molar-refractivity contribution in [1.29, 1.82) is 0 Å². The number of thioether (sulfide) groups is 1. The first-order valence-corrected chi connectivity index (χ1v) is 13.5. The van der Waals surface area contributed by atoms with Gasteiger partial charge in [-0.15, -0.1) is 0 Å². The van der Waals surface area contributed by atoms with Gasteiger partial charge in [0.2, 0.25) is 15.9 Å². The Hall–Kier alpha value is -1.05. The highest BCUT2D eigenvalue weighted by atomic mass is 32.2. The number of carbonyl (C=O) groups excluding carboxylic acids is 1. The Bertz CT molecular complexity index is 768. The van der Waals surface area contributed by atoms with Gasteiger partial charge in [0.15, 0.2) is 0 Å². The van der Waals surface area contributed by atoms with Crippen LogP contribution in [0.1, 0.15) is 56.1 Å². The molecule has 29 heavy (non-hydrogen) atoms. The maximum absolute atomic E-state index is 12.8. The fraction of sp³-hybridized carbons (Fsp3) is 0.682. The molecule has 5 nitrogen and oxygen atoms in total.